The normalized spacial score (nSPS) is 9.88. The van der Waals surface area contributed by atoms with Crippen LogP contribution in [-0.4, -0.2) is 17.9 Å². The number of hydrazine groups is 1. The molecule has 0 aliphatic carbocycles. The number of carbonyl (C=O) groups is 1. The van der Waals surface area contributed by atoms with Crippen LogP contribution in [0.5, 0.6) is 5.75 Å². The number of allylic oxidation sites excluding steroid dienone is 1. The van der Waals surface area contributed by atoms with Crippen LogP contribution in [0.25, 0.3) is 0 Å². The standard InChI is InChI=1S/C17H17N3O4/c1-12(10-13-6-5-7-14(11-13)20(22)23)18-19-17(21)15-8-3-4-9-16(15)24-2/h3-9,11,18H,1,10H2,2H3,(H,19,21). The lowest BCUT2D eigenvalue weighted by molar-refractivity contribution is -0.384. The molecule has 2 N–H and O–H groups in total. The van der Waals surface area contributed by atoms with Crippen molar-refractivity contribution in [1.29, 1.82) is 0 Å². The predicted molar refractivity (Wildman–Crippen MR) is 89.5 cm³/mol. The van der Waals surface area contributed by atoms with Crippen LogP contribution in [0.3, 0.4) is 0 Å². The van der Waals surface area contributed by atoms with Gasteiger partial charge in [-0.3, -0.25) is 20.3 Å². The first-order valence-corrected chi connectivity index (χ1v) is 7.11. The number of nitrogens with one attached hydrogen (secondary N) is 2. The first-order valence-electron chi connectivity index (χ1n) is 7.11. The average molecular weight is 327 g/mol. The molecule has 1 amide bonds. The van der Waals surface area contributed by atoms with E-state index < -0.39 is 4.92 Å². The van der Waals surface area contributed by atoms with Gasteiger partial charge in [-0.15, -0.1) is 0 Å². The fraction of sp³-hybridized carbons (Fsp3) is 0.118. The Morgan fingerprint density at radius 2 is 1.96 bits per heavy atom. The summed E-state index contributed by atoms with van der Waals surface area (Å²) in [6.07, 6.45) is 0.341. The molecule has 0 saturated carbocycles. The number of para-hydroxylation sites is 1. The molecule has 0 aliphatic heterocycles. The molecule has 2 aromatic carbocycles. The second-order valence-corrected chi connectivity index (χ2v) is 4.99. The molecule has 0 unspecified atom stereocenters. The van der Waals surface area contributed by atoms with Crippen LogP contribution in [0, 0.1) is 10.1 Å². The molecule has 7 heteroatoms. The smallest absolute Gasteiger partial charge is 0.273 e. The van der Waals surface area contributed by atoms with Crippen LogP contribution in [0.1, 0.15) is 15.9 Å². The van der Waals surface area contributed by atoms with Crippen molar-refractivity contribution >= 4 is 11.6 Å². The Morgan fingerprint density at radius 1 is 1.21 bits per heavy atom. The number of benzene rings is 2. The van der Waals surface area contributed by atoms with Crippen molar-refractivity contribution in [2.75, 3.05) is 7.11 Å². The van der Waals surface area contributed by atoms with Crippen molar-refractivity contribution in [2.45, 2.75) is 6.42 Å². The highest BCUT2D eigenvalue weighted by Gasteiger charge is 2.11. The maximum absolute atomic E-state index is 12.1. The molecule has 0 saturated heterocycles. The molecule has 0 bridgehead atoms. The van der Waals surface area contributed by atoms with Crippen LogP contribution in [0.4, 0.5) is 5.69 Å². The minimum Gasteiger partial charge on any atom is -0.496 e. The molecule has 2 aromatic rings. The molecule has 0 radical (unpaired) electrons. The summed E-state index contributed by atoms with van der Waals surface area (Å²) in [6.45, 7) is 3.81. The van der Waals surface area contributed by atoms with Crippen LogP contribution in [0.2, 0.25) is 0 Å². The van der Waals surface area contributed by atoms with E-state index in [1.54, 1.807) is 36.4 Å². The molecule has 0 spiro atoms. The number of nitrogens with zero attached hydrogens (tertiary/aromatic N) is 1. The van der Waals surface area contributed by atoms with Crippen molar-refractivity contribution < 1.29 is 14.5 Å². The van der Waals surface area contributed by atoms with E-state index in [4.69, 9.17) is 4.74 Å². The third-order valence-corrected chi connectivity index (χ3v) is 3.24. The fourth-order valence-corrected chi connectivity index (χ4v) is 2.12. The van der Waals surface area contributed by atoms with Gasteiger partial charge in [0.25, 0.3) is 11.6 Å². The second kappa shape index (κ2) is 7.77. The van der Waals surface area contributed by atoms with Gasteiger partial charge in [-0.25, -0.2) is 0 Å². The molecule has 0 heterocycles. The third kappa shape index (κ3) is 4.33. The highest BCUT2D eigenvalue weighted by atomic mass is 16.6. The largest absolute Gasteiger partial charge is 0.496 e. The summed E-state index contributed by atoms with van der Waals surface area (Å²) < 4.78 is 5.13. The van der Waals surface area contributed by atoms with Crippen molar-refractivity contribution in [2.24, 2.45) is 0 Å². The molecule has 0 fully saturated rings. The molecule has 2 rings (SSSR count). The SMILES string of the molecule is C=C(Cc1cccc([N+](=O)[O-])c1)NNC(=O)c1ccccc1OC. The lowest BCUT2D eigenvalue weighted by Gasteiger charge is -2.12. The molecular formula is C17H17N3O4. The van der Waals surface area contributed by atoms with Gasteiger partial charge in [0, 0.05) is 24.3 Å². The zero-order valence-corrected chi connectivity index (χ0v) is 13.1. The van der Waals surface area contributed by atoms with Gasteiger partial charge in [0.1, 0.15) is 5.75 Å². The van der Waals surface area contributed by atoms with E-state index in [-0.39, 0.29) is 11.6 Å². The van der Waals surface area contributed by atoms with Gasteiger partial charge in [0.2, 0.25) is 0 Å². The molecule has 0 aromatic heterocycles. The van der Waals surface area contributed by atoms with Gasteiger partial charge in [-0.05, 0) is 17.7 Å². The number of hydrogen-bond acceptors (Lipinski definition) is 5. The monoisotopic (exact) mass is 327 g/mol. The minimum absolute atomic E-state index is 0.0124. The summed E-state index contributed by atoms with van der Waals surface area (Å²) in [7, 11) is 1.49. The fourth-order valence-electron chi connectivity index (χ4n) is 2.12. The molecule has 24 heavy (non-hydrogen) atoms. The van der Waals surface area contributed by atoms with Crippen molar-refractivity contribution in [1.82, 2.24) is 10.9 Å². The van der Waals surface area contributed by atoms with E-state index in [0.717, 1.165) is 0 Å². The second-order valence-electron chi connectivity index (χ2n) is 4.99. The van der Waals surface area contributed by atoms with Gasteiger partial charge in [0.15, 0.2) is 0 Å². The molecular weight excluding hydrogens is 310 g/mol. The Kier molecular flexibility index (Phi) is 5.51. The maximum atomic E-state index is 12.1. The zero-order valence-electron chi connectivity index (χ0n) is 13.1. The number of nitro benzene ring substituents is 1. The van der Waals surface area contributed by atoms with E-state index in [1.165, 1.54) is 19.2 Å². The Morgan fingerprint density at radius 3 is 2.67 bits per heavy atom. The topological polar surface area (TPSA) is 93.5 Å². The summed E-state index contributed by atoms with van der Waals surface area (Å²) in [5.41, 5.74) is 6.85. The summed E-state index contributed by atoms with van der Waals surface area (Å²) in [4.78, 5) is 22.5. The maximum Gasteiger partial charge on any atom is 0.273 e. The molecule has 0 atom stereocenters. The van der Waals surface area contributed by atoms with E-state index >= 15 is 0 Å². The number of amides is 1. The van der Waals surface area contributed by atoms with Crippen LogP contribution in [0.15, 0.2) is 60.8 Å². The van der Waals surface area contributed by atoms with Crippen LogP contribution in [-0.2, 0) is 6.42 Å². The Hall–Kier alpha value is -3.35. The van der Waals surface area contributed by atoms with Crippen LogP contribution < -0.4 is 15.6 Å². The quantitative estimate of drug-likeness (QED) is 0.602. The van der Waals surface area contributed by atoms with E-state index in [0.29, 0.717) is 29.0 Å². The summed E-state index contributed by atoms with van der Waals surface area (Å²) in [5, 5.41) is 10.8. The van der Waals surface area contributed by atoms with Crippen molar-refractivity contribution in [3.8, 4) is 5.75 Å². The average Bonchev–Trinajstić information content (AvgIpc) is 2.59. The van der Waals surface area contributed by atoms with E-state index in [9.17, 15) is 14.9 Å². The van der Waals surface area contributed by atoms with Gasteiger partial charge in [-0.1, -0.05) is 30.8 Å². The molecule has 124 valence electrons. The number of methoxy groups -OCH3 is 1. The summed E-state index contributed by atoms with van der Waals surface area (Å²) in [6, 6.07) is 13.1. The number of nitro groups is 1. The first kappa shape index (κ1) is 17.0. The summed E-state index contributed by atoms with van der Waals surface area (Å²) in [5.74, 6) is 0.0914. The third-order valence-electron chi connectivity index (χ3n) is 3.24. The number of non-ortho nitro benzene ring substituents is 1. The summed E-state index contributed by atoms with van der Waals surface area (Å²) >= 11 is 0. The number of rotatable bonds is 7. The van der Waals surface area contributed by atoms with Crippen LogP contribution >= 0.6 is 0 Å². The lowest BCUT2D eigenvalue weighted by atomic mass is 10.1. The van der Waals surface area contributed by atoms with Crippen molar-refractivity contribution in [3.05, 3.63) is 82.0 Å². The highest BCUT2D eigenvalue weighted by Crippen LogP contribution is 2.17. The van der Waals surface area contributed by atoms with Gasteiger partial charge < -0.3 is 10.2 Å². The first-order chi connectivity index (χ1) is 11.5. The number of carbonyl (C=O) groups excluding carboxylic acids is 1. The van der Waals surface area contributed by atoms with E-state index in [1.807, 2.05) is 0 Å². The van der Waals surface area contributed by atoms with Crippen molar-refractivity contribution in [3.63, 3.8) is 0 Å². The zero-order chi connectivity index (χ0) is 17.5. The lowest BCUT2D eigenvalue weighted by Crippen LogP contribution is -2.37. The number of ether oxygens (including phenoxy) is 1. The predicted octanol–water partition coefficient (Wildman–Crippen LogP) is 2.59. The van der Waals surface area contributed by atoms with Gasteiger partial charge >= 0.3 is 0 Å². The van der Waals surface area contributed by atoms with Gasteiger partial charge in [0.05, 0.1) is 17.6 Å². The highest BCUT2D eigenvalue weighted by molar-refractivity contribution is 5.96. The Bertz CT molecular complexity index is 774. The molecule has 0 aliphatic rings. The molecule has 7 nitrogen and oxygen atoms in total. The van der Waals surface area contributed by atoms with Gasteiger partial charge in [-0.2, -0.15) is 0 Å². The van der Waals surface area contributed by atoms with E-state index in [2.05, 4.69) is 17.4 Å². The number of hydrogen-bond donors (Lipinski definition) is 2. The minimum atomic E-state index is -0.455. The Balaban J connectivity index is 1.94. The Labute approximate surface area is 139 Å².